The van der Waals surface area contributed by atoms with Gasteiger partial charge in [0.1, 0.15) is 5.75 Å². The summed E-state index contributed by atoms with van der Waals surface area (Å²) < 4.78 is 16.7. The lowest BCUT2D eigenvalue weighted by molar-refractivity contribution is -0.143. The van der Waals surface area contributed by atoms with Crippen LogP contribution in [0.15, 0.2) is 23.6 Å². The molecule has 0 aliphatic carbocycles. The van der Waals surface area contributed by atoms with Crippen LogP contribution in [0.1, 0.15) is 34.9 Å². The third kappa shape index (κ3) is 4.10. The molecule has 1 aromatic carbocycles. The lowest BCUT2D eigenvalue weighted by atomic mass is 9.93. The summed E-state index contributed by atoms with van der Waals surface area (Å²) in [6.45, 7) is 3.52. The lowest BCUT2D eigenvalue weighted by Crippen LogP contribution is -2.39. The van der Waals surface area contributed by atoms with Crippen molar-refractivity contribution in [2.45, 2.75) is 25.8 Å². The average molecular weight is 406 g/mol. The fourth-order valence-electron chi connectivity index (χ4n) is 3.80. The van der Waals surface area contributed by atoms with Crippen LogP contribution < -0.4 is 14.2 Å². The van der Waals surface area contributed by atoms with E-state index >= 15 is 0 Å². The zero-order valence-corrected chi connectivity index (χ0v) is 17.5. The molecule has 0 amide bonds. The highest BCUT2D eigenvalue weighted by Gasteiger charge is 2.33. The molecule has 0 radical (unpaired) electrons. The number of benzene rings is 1. The van der Waals surface area contributed by atoms with Crippen molar-refractivity contribution in [2.75, 3.05) is 34.4 Å². The molecule has 1 aliphatic heterocycles. The summed E-state index contributed by atoms with van der Waals surface area (Å²) in [7, 11) is 4.88. The second-order valence-electron chi connectivity index (χ2n) is 7.03. The summed E-state index contributed by atoms with van der Waals surface area (Å²) in [6.07, 6.45) is 1.29. The van der Waals surface area contributed by atoms with Gasteiger partial charge >= 0.3 is 5.97 Å². The average Bonchev–Trinajstić information content (AvgIpc) is 3.13. The smallest absolute Gasteiger partial charge is 0.306 e. The second kappa shape index (κ2) is 8.84. The van der Waals surface area contributed by atoms with E-state index in [1.54, 1.807) is 32.7 Å². The molecule has 1 aliphatic rings. The Bertz CT molecular complexity index is 826. The Balaban J connectivity index is 2.04. The number of carboxylic acid groups (broad SMARTS) is 1. The number of methoxy groups -OCH3 is 3. The number of hydrogen-bond donors (Lipinski definition) is 1. The first-order chi connectivity index (χ1) is 13.5. The van der Waals surface area contributed by atoms with E-state index in [0.717, 1.165) is 24.4 Å². The number of ether oxygens (including phenoxy) is 3. The van der Waals surface area contributed by atoms with Crippen LogP contribution in [0.5, 0.6) is 17.2 Å². The fraction of sp³-hybridized carbons (Fsp3) is 0.476. The molecule has 1 saturated heterocycles. The number of carboxylic acids is 1. The van der Waals surface area contributed by atoms with Crippen molar-refractivity contribution in [1.82, 2.24) is 4.90 Å². The van der Waals surface area contributed by atoms with Crippen molar-refractivity contribution >= 4 is 17.3 Å². The zero-order chi connectivity index (χ0) is 20.3. The monoisotopic (exact) mass is 405 g/mol. The van der Waals surface area contributed by atoms with Crippen molar-refractivity contribution in [3.63, 3.8) is 0 Å². The highest BCUT2D eigenvalue weighted by atomic mass is 32.1. The molecule has 7 heteroatoms. The van der Waals surface area contributed by atoms with Gasteiger partial charge in [-0.15, -0.1) is 11.3 Å². The summed E-state index contributed by atoms with van der Waals surface area (Å²) in [6, 6.07) is 5.99. The summed E-state index contributed by atoms with van der Waals surface area (Å²) >= 11 is 1.71. The summed E-state index contributed by atoms with van der Waals surface area (Å²) in [4.78, 5) is 14.9. The summed E-state index contributed by atoms with van der Waals surface area (Å²) in [5.74, 6) is 1.03. The SMILES string of the molecule is COc1cc(OC)c(C(c2cc(C)cs2)N2CCC(C(=O)O)CC2)cc1OC. The van der Waals surface area contributed by atoms with Gasteiger partial charge in [0.15, 0.2) is 11.5 Å². The third-order valence-electron chi connectivity index (χ3n) is 5.29. The van der Waals surface area contributed by atoms with Gasteiger partial charge < -0.3 is 19.3 Å². The highest BCUT2D eigenvalue weighted by molar-refractivity contribution is 7.10. The Morgan fingerprint density at radius 2 is 1.68 bits per heavy atom. The molecule has 1 unspecified atom stereocenters. The van der Waals surface area contributed by atoms with Crippen LogP contribution in [-0.2, 0) is 4.79 Å². The minimum absolute atomic E-state index is 0.0248. The number of rotatable bonds is 7. The van der Waals surface area contributed by atoms with Crippen LogP contribution in [0.25, 0.3) is 0 Å². The number of hydrogen-bond acceptors (Lipinski definition) is 6. The van der Waals surface area contributed by atoms with E-state index in [2.05, 4.69) is 23.3 Å². The molecular formula is C21H27NO5S. The first-order valence-electron chi connectivity index (χ1n) is 9.30. The largest absolute Gasteiger partial charge is 0.496 e. The number of likely N-dealkylation sites (tertiary alicyclic amines) is 1. The number of carbonyl (C=O) groups is 1. The van der Waals surface area contributed by atoms with E-state index in [1.807, 2.05) is 12.1 Å². The number of thiophene rings is 1. The van der Waals surface area contributed by atoms with E-state index in [4.69, 9.17) is 14.2 Å². The molecule has 28 heavy (non-hydrogen) atoms. The molecule has 6 nitrogen and oxygen atoms in total. The Morgan fingerprint density at radius 1 is 1.07 bits per heavy atom. The molecule has 1 fully saturated rings. The summed E-state index contributed by atoms with van der Waals surface area (Å²) in [5, 5.41) is 11.5. The maximum Gasteiger partial charge on any atom is 0.306 e. The molecule has 2 heterocycles. The van der Waals surface area contributed by atoms with Crippen LogP contribution in [0, 0.1) is 12.8 Å². The van der Waals surface area contributed by atoms with E-state index in [-0.39, 0.29) is 12.0 Å². The van der Waals surface area contributed by atoms with E-state index in [0.29, 0.717) is 24.3 Å². The first-order valence-corrected chi connectivity index (χ1v) is 10.2. The number of nitrogens with zero attached hydrogens (tertiary/aromatic N) is 1. The van der Waals surface area contributed by atoms with Crippen molar-refractivity contribution < 1.29 is 24.1 Å². The molecule has 0 saturated carbocycles. The van der Waals surface area contributed by atoms with Crippen LogP contribution in [0.3, 0.4) is 0 Å². The predicted molar refractivity (Wildman–Crippen MR) is 109 cm³/mol. The number of aryl methyl sites for hydroxylation is 1. The number of piperidine rings is 1. The van der Waals surface area contributed by atoms with Crippen molar-refractivity contribution in [3.05, 3.63) is 39.6 Å². The molecule has 3 rings (SSSR count). The van der Waals surface area contributed by atoms with Crippen LogP contribution in [-0.4, -0.2) is 50.4 Å². The molecular weight excluding hydrogens is 378 g/mol. The second-order valence-corrected chi connectivity index (χ2v) is 7.97. The molecule has 0 bridgehead atoms. The fourth-order valence-corrected chi connectivity index (χ4v) is 4.85. The minimum Gasteiger partial charge on any atom is -0.496 e. The maximum absolute atomic E-state index is 11.4. The van der Waals surface area contributed by atoms with Gasteiger partial charge in [0, 0.05) is 16.5 Å². The maximum atomic E-state index is 11.4. The molecule has 1 atom stereocenters. The van der Waals surface area contributed by atoms with Crippen LogP contribution >= 0.6 is 11.3 Å². The zero-order valence-electron chi connectivity index (χ0n) is 16.7. The van der Waals surface area contributed by atoms with Gasteiger partial charge in [-0.25, -0.2) is 0 Å². The number of aliphatic carboxylic acids is 1. The van der Waals surface area contributed by atoms with Gasteiger partial charge in [-0.05, 0) is 55.9 Å². The highest BCUT2D eigenvalue weighted by Crippen LogP contribution is 2.44. The van der Waals surface area contributed by atoms with E-state index in [9.17, 15) is 9.90 Å². The van der Waals surface area contributed by atoms with Crippen molar-refractivity contribution in [3.8, 4) is 17.2 Å². The molecule has 2 aromatic rings. The molecule has 1 N–H and O–H groups in total. The van der Waals surface area contributed by atoms with Gasteiger partial charge in [-0.3, -0.25) is 9.69 Å². The topological polar surface area (TPSA) is 68.2 Å². The van der Waals surface area contributed by atoms with Gasteiger partial charge in [-0.2, -0.15) is 0 Å². The quantitative estimate of drug-likeness (QED) is 0.752. The predicted octanol–water partition coefficient (Wildman–Crippen LogP) is 3.97. The Hall–Kier alpha value is -2.25. The van der Waals surface area contributed by atoms with Gasteiger partial charge in [-0.1, -0.05) is 0 Å². The lowest BCUT2D eigenvalue weighted by Gasteiger charge is -2.37. The van der Waals surface area contributed by atoms with Gasteiger partial charge in [0.05, 0.1) is 33.3 Å². The molecule has 152 valence electrons. The summed E-state index contributed by atoms with van der Waals surface area (Å²) in [5.41, 5.74) is 2.21. The van der Waals surface area contributed by atoms with E-state index in [1.165, 1.54) is 10.4 Å². The van der Waals surface area contributed by atoms with Crippen molar-refractivity contribution in [1.29, 1.82) is 0 Å². The third-order valence-corrected chi connectivity index (χ3v) is 6.40. The Morgan fingerprint density at radius 3 is 2.18 bits per heavy atom. The molecule has 1 aromatic heterocycles. The van der Waals surface area contributed by atoms with E-state index < -0.39 is 5.97 Å². The van der Waals surface area contributed by atoms with Crippen LogP contribution in [0.4, 0.5) is 0 Å². The normalized spacial score (nSPS) is 16.6. The molecule has 0 spiro atoms. The Kier molecular flexibility index (Phi) is 6.46. The van der Waals surface area contributed by atoms with Gasteiger partial charge in [0.25, 0.3) is 0 Å². The van der Waals surface area contributed by atoms with Crippen LogP contribution in [0.2, 0.25) is 0 Å². The Labute approximate surface area is 169 Å². The van der Waals surface area contributed by atoms with Crippen molar-refractivity contribution in [2.24, 2.45) is 5.92 Å². The standard InChI is InChI=1S/C21H27NO5S/c1-13-9-19(28-12-13)20(22-7-5-14(6-8-22)21(23)24)15-10-17(26-3)18(27-4)11-16(15)25-2/h9-12,14,20H,5-8H2,1-4H3,(H,23,24). The first kappa shape index (κ1) is 20.5. The van der Waals surface area contributed by atoms with Gasteiger partial charge in [0.2, 0.25) is 0 Å². The minimum atomic E-state index is -0.702.